The minimum Gasteiger partial charge on any atom is -0.133 e. The predicted octanol–water partition coefficient (Wildman–Crippen LogP) is 4.12. The number of hydrogen-bond acceptors (Lipinski definition) is 0. The van der Waals surface area contributed by atoms with E-state index in [0.717, 1.165) is 6.16 Å². The van der Waals surface area contributed by atoms with E-state index in [9.17, 15) is 0 Å². The molecule has 0 aliphatic rings. The fourth-order valence-electron chi connectivity index (χ4n) is 1.20. The maximum absolute atomic E-state index is 3.54. The van der Waals surface area contributed by atoms with Crippen molar-refractivity contribution >= 4 is 25.2 Å². The zero-order valence-electron chi connectivity index (χ0n) is 8.39. The lowest BCUT2D eigenvalue weighted by molar-refractivity contribution is 0.589. The summed E-state index contributed by atoms with van der Waals surface area (Å²) in [7, 11) is 2.76. The van der Waals surface area contributed by atoms with Crippen LogP contribution in [0.4, 0.5) is 0 Å². The highest BCUT2D eigenvalue weighted by molar-refractivity contribution is 9.10. The first-order valence-corrected chi connectivity index (χ1v) is 6.04. The number of halogens is 1. The molecule has 1 aromatic rings. The Hall–Kier alpha value is 0.130. The average molecular weight is 259 g/mol. The third-order valence-corrected chi connectivity index (χ3v) is 2.99. The molecule has 0 fully saturated rings. The Kier molecular flexibility index (Phi) is 3.54. The Morgan fingerprint density at radius 3 is 2.31 bits per heavy atom. The highest BCUT2D eigenvalue weighted by Gasteiger charge is 2.14. The van der Waals surface area contributed by atoms with Crippen LogP contribution in [0.15, 0.2) is 22.7 Å². The van der Waals surface area contributed by atoms with Crippen LogP contribution in [0.25, 0.3) is 0 Å². The summed E-state index contributed by atoms with van der Waals surface area (Å²) in [6, 6.07) is 6.64. The molecule has 0 saturated heterocycles. The van der Waals surface area contributed by atoms with Gasteiger partial charge in [-0.3, -0.25) is 0 Å². The van der Waals surface area contributed by atoms with Crippen LogP contribution in [0.3, 0.4) is 0 Å². The van der Waals surface area contributed by atoms with Gasteiger partial charge in [-0.2, -0.15) is 0 Å². The van der Waals surface area contributed by atoms with E-state index in [0.29, 0.717) is 0 Å². The monoisotopic (exact) mass is 258 g/mol. The van der Waals surface area contributed by atoms with Crippen molar-refractivity contribution in [1.82, 2.24) is 0 Å². The van der Waals surface area contributed by atoms with E-state index < -0.39 is 0 Å². The molecule has 0 nitrogen and oxygen atoms in total. The summed E-state index contributed by atoms with van der Waals surface area (Å²) >= 11 is 3.54. The Morgan fingerprint density at radius 1 is 1.23 bits per heavy atom. The molecule has 0 bridgehead atoms. The summed E-state index contributed by atoms with van der Waals surface area (Å²) in [6.07, 6.45) is 1.02. The molecule has 0 saturated carbocycles. The third kappa shape index (κ3) is 3.07. The molecule has 0 radical (unpaired) electrons. The zero-order chi connectivity index (χ0) is 10.1. The molecular weight excluding hydrogens is 243 g/mol. The minimum absolute atomic E-state index is 0.234. The van der Waals surface area contributed by atoms with Gasteiger partial charge in [0.1, 0.15) is 0 Å². The van der Waals surface area contributed by atoms with Gasteiger partial charge >= 0.3 is 0 Å². The van der Waals surface area contributed by atoms with Gasteiger partial charge in [0, 0.05) is 4.47 Å². The SMILES string of the molecule is CC(C)(C)c1cc(Br)cc(CP)c1. The molecule has 2 heteroatoms. The van der Waals surface area contributed by atoms with Crippen LogP contribution in [-0.4, -0.2) is 0 Å². The van der Waals surface area contributed by atoms with Crippen molar-refractivity contribution in [1.29, 1.82) is 0 Å². The van der Waals surface area contributed by atoms with E-state index in [1.807, 2.05) is 0 Å². The van der Waals surface area contributed by atoms with Gasteiger partial charge in [-0.05, 0) is 34.8 Å². The predicted molar refractivity (Wildman–Crippen MR) is 66.3 cm³/mol. The lowest BCUT2D eigenvalue weighted by Gasteiger charge is -2.20. The first-order chi connectivity index (χ1) is 5.93. The van der Waals surface area contributed by atoms with Gasteiger partial charge in [-0.1, -0.05) is 42.8 Å². The van der Waals surface area contributed by atoms with Crippen LogP contribution in [0.2, 0.25) is 0 Å². The molecule has 1 unspecified atom stereocenters. The van der Waals surface area contributed by atoms with Gasteiger partial charge in [0.15, 0.2) is 0 Å². The second-order valence-electron chi connectivity index (χ2n) is 4.30. The van der Waals surface area contributed by atoms with Crippen LogP contribution in [0.1, 0.15) is 31.9 Å². The van der Waals surface area contributed by atoms with E-state index in [4.69, 9.17) is 0 Å². The number of rotatable bonds is 1. The molecule has 1 rings (SSSR count). The Bertz CT molecular complexity index is 299. The summed E-state index contributed by atoms with van der Waals surface area (Å²) in [6.45, 7) is 6.71. The molecule has 0 N–H and O–H groups in total. The standard InChI is InChI=1S/C11H16BrP/c1-11(2,3)9-4-8(7-13)5-10(12)6-9/h4-6H,7,13H2,1-3H3. The molecule has 1 aromatic carbocycles. The van der Waals surface area contributed by atoms with Gasteiger partial charge in [0.2, 0.25) is 0 Å². The smallest absolute Gasteiger partial charge is 0.0181 e. The number of hydrogen-bond donors (Lipinski definition) is 0. The molecule has 0 aliphatic heterocycles. The van der Waals surface area contributed by atoms with Crippen LogP contribution >= 0.6 is 25.2 Å². The fraction of sp³-hybridized carbons (Fsp3) is 0.455. The minimum atomic E-state index is 0.234. The van der Waals surface area contributed by atoms with Crippen molar-refractivity contribution in [3.63, 3.8) is 0 Å². The maximum atomic E-state index is 3.54. The Balaban J connectivity index is 3.16. The van der Waals surface area contributed by atoms with Crippen molar-refractivity contribution < 1.29 is 0 Å². The number of benzene rings is 1. The summed E-state index contributed by atoms with van der Waals surface area (Å²) in [5.41, 5.74) is 2.99. The third-order valence-electron chi connectivity index (χ3n) is 2.06. The van der Waals surface area contributed by atoms with Crippen LogP contribution in [-0.2, 0) is 11.6 Å². The molecule has 1 atom stereocenters. The molecule has 0 aliphatic carbocycles. The van der Waals surface area contributed by atoms with Crippen molar-refractivity contribution in [2.24, 2.45) is 0 Å². The molecule has 13 heavy (non-hydrogen) atoms. The van der Waals surface area contributed by atoms with E-state index in [1.54, 1.807) is 0 Å². The van der Waals surface area contributed by atoms with Crippen LogP contribution in [0, 0.1) is 0 Å². The van der Waals surface area contributed by atoms with Gasteiger partial charge in [-0.25, -0.2) is 0 Å². The van der Waals surface area contributed by atoms with Gasteiger partial charge < -0.3 is 0 Å². The van der Waals surface area contributed by atoms with E-state index in [2.05, 4.69) is 64.1 Å². The lowest BCUT2D eigenvalue weighted by Crippen LogP contribution is -2.11. The highest BCUT2D eigenvalue weighted by Crippen LogP contribution is 2.27. The maximum Gasteiger partial charge on any atom is 0.0181 e. The summed E-state index contributed by atoms with van der Waals surface area (Å²) in [4.78, 5) is 0. The van der Waals surface area contributed by atoms with E-state index in [1.165, 1.54) is 15.6 Å². The van der Waals surface area contributed by atoms with Crippen molar-refractivity contribution in [3.05, 3.63) is 33.8 Å². The van der Waals surface area contributed by atoms with E-state index >= 15 is 0 Å². The second kappa shape index (κ2) is 4.11. The van der Waals surface area contributed by atoms with Gasteiger partial charge in [-0.15, -0.1) is 9.24 Å². The second-order valence-corrected chi connectivity index (χ2v) is 5.63. The zero-order valence-corrected chi connectivity index (χ0v) is 11.1. The van der Waals surface area contributed by atoms with Crippen LogP contribution in [0.5, 0.6) is 0 Å². The van der Waals surface area contributed by atoms with Crippen molar-refractivity contribution in [2.45, 2.75) is 32.3 Å². The Morgan fingerprint density at radius 2 is 1.85 bits per heavy atom. The normalized spacial score (nSPS) is 11.8. The molecule has 0 aromatic heterocycles. The Labute approximate surface area is 91.5 Å². The molecule has 0 heterocycles. The average Bonchev–Trinajstić information content (AvgIpc) is 2.01. The molecule has 0 amide bonds. The van der Waals surface area contributed by atoms with E-state index in [-0.39, 0.29) is 5.41 Å². The topological polar surface area (TPSA) is 0 Å². The van der Waals surface area contributed by atoms with Gasteiger partial charge in [0.05, 0.1) is 0 Å². The van der Waals surface area contributed by atoms with Crippen molar-refractivity contribution in [3.8, 4) is 0 Å². The quantitative estimate of drug-likeness (QED) is 0.665. The fourth-order valence-corrected chi connectivity index (χ4v) is 1.98. The first kappa shape index (κ1) is 11.2. The van der Waals surface area contributed by atoms with Gasteiger partial charge in [0.25, 0.3) is 0 Å². The highest BCUT2D eigenvalue weighted by atomic mass is 79.9. The summed E-state index contributed by atoms with van der Waals surface area (Å²) in [5, 5.41) is 0. The van der Waals surface area contributed by atoms with Crippen molar-refractivity contribution in [2.75, 3.05) is 0 Å². The molecule has 0 spiro atoms. The molecular formula is C11H16BrP. The molecule has 72 valence electrons. The summed E-state index contributed by atoms with van der Waals surface area (Å²) < 4.78 is 1.18. The largest absolute Gasteiger partial charge is 0.133 e. The lowest BCUT2D eigenvalue weighted by atomic mass is 9.86. The summed E-state index contributed by atoms with van der Waals surface area (Å²) in [5.74, 6) is 0. The van der Waals surface area contributed by atoms with Crippen LogP contribution < -0.4 is 0 Å². The first-order valence-electron chi connectivity index (χ1n) is 4.43.